The zero-order chi connectivity index (χ0) is 10.1. The van der Waals surface area contributed by atoms with E-state index in [4.69, 9.17) is 0 Å². The van der Waals surface area contributed by atoms with E-state index in [0.29, 0.717) is 5.56 Å². The maximum atomic E-state index is 10.9. The molecule has 70 valence electrons. The van der Waals surface area contributed by atoms with E-state index in [9.17, 15) is 9.90 Å². The minimum absolute atomic E-state index is 0.295. The summed E-state index contributed by atoms with van der Waals surface area (Å²) in [7, 11) is 0. The standard InChI is InChI=1S/C12H10O2/c1-8-6-7-9-4-2-3-5-10(9)11(8)12(13)14/h2-7H,1H3,(H,13,14)/p-1. The Balaban J connectivity index is 2.90. The van der Waals surface area contributed by atoms with E-state index in [-0.39, 0.29) is 0 Å². The zero-order valence-electron chi connectivity index (χ0n) is 7.78. The van der Waals surface area contributed by atoms with Crippen LogP contribution in [0.1, 0.15) is 15.9 Å². The number of hydrogen-bond acceptors (Lipinski definition) is 2. The average Bonchev–Trinajstić information content (AvgIpc) is 2.17. The van der Waals surface area contributed by atoms with Crippen molar-refractivity contribution in [3.8, 4) is 0 Å². The van der Waals surface area contributed by atoms with Crippen LogP contribution < -0.4 is 5.11 Å². The van der Waals surface area contributed by atoms with E-state index in [1.165, 1.54) is 0 Å². The molecule has 2 heteroatoms. The van der Waals surface area contributed by atoms with Crippen molar-refractivity contribution in [3.05, 3.63) is 47.5 Å². The third-order valence-electron chi connectivity index (χ3n) is 2.34. The zero-order valence-corrected chi connectivity index (χ0v) is 7.78. The van der Waals surface area contributed by atoms with Crippen LogP contribution in [0.15, 0.2) is 36.4 Å². The Bertz CT molecular complexity index is 501. The summed E-state index contributed by atoms with van der Waals surface area (Å²) in [4.78, 5) is 10.9. The highest BCUT2D eigenvalue weighted by molar-refractivity contribution is 6.04. The monoisotopic (exact) mass is 185 g/mol. The van der Waals surface area contributed by atoms with Crippen LogP contribution in [0.2, 0.25) is 0 Å². The molecular formula is C12H9O2-. The summed E-state index contributed by atoms with van der Waals surface area (Å²) in [6.07, 6.45) is 0. The minimum Gasteiger partial charge on any atom is -0.545 e. The van der Waals surface area contributed by atoms with Crippen LogP contribution in [0, 0.1) is 6.92 Å². The number of carboxylic acids is 1. The molecule has 0 amide bonds. The van der Waals surface area contributed by atoms with Gasteiger partial charge in [0.05, 0.1) is 5.97 Å². The van der Waals surface area contributed by atoms with Crippen LogP contribution in [0.25, 0.3) is 10.8 Å². The molecule has 14 heavy (non-hydrogen) atoms. The van der Waals surface area contributed by atoms with Gasteiger partial charge in [0.1, 0.15) is 0 Å². The Morgan fingerprint density at radius 1 is 1.14 bits per heavy atom. The molecule has 0 unspecified atom stereocenters. The van der Waals surface area contributed by atoms with Crippen molar-refractivity contribution in [1.29, 1.82) is 0 Å². The molecule has 0 fully saturated rings. The van der Waals surface area contributed by atoms with Crippen molar-refractivity contribution in [3.63, 3.8) is 0 Å². The summed E-state index contributed by atoms with van der Waals surface area (Å²) in [5.41, 5.74) is 1.03. The first-order chi connectivity index (χ1) is 6.70. The van der Waals surface area contributed by atoms with Gasteiger partial charge in [-0.3, -0.25) is 0 Å². The normalized spacial score (nSPS) is 10.4. The molecule has 0 aliphatic carbocycles. The summed E-state index contributed by atoms with van der Waals surface area (Å²) < 4.78 is 0. The fourth-order valence-electron chi connectivity index (χ4n) is 1.65. The lowest BCUT2D eigenvalue weighted by atomic mass is 10.00. The van der Waals surface area contributed by atoms with Gasteiger partial charge < -0.3 is 9.90 Å². The molecule has 0 aliphatic heterocycles. The van der Waals surface area contributed by atoms with Crippen molar-refractivity contribution in [2.24, 2.45) is 0 Å². The van der Waals surface area contributed by atoms with Crippen LogP contribution in [0.5, 0.6) is 0 Å². The van der Waals surface area contributed by atoms with Crippen molar-refractivity contribution in [2.75, 3.05) is 0 Å². The maximum absolute atomic E-state index is 10.9. The average molecular weight is 185 g/mol. The summed E-state index contributed by atoms with van der Waals surface area (Å²) in [5.74, 6) is -1.11. The number of aromatic carboxylic acids is 1. The molecule has 0 heterocycles. The number of carboxylic acid groups (broad SMARTS) is 1. The smallest absolute Gasteiger partial charge is 0.0724 e. The second-order valence-electron chi connectivity index (χ2n) is 3.27. The molecule has 0 saturated heterocycles. The molecule has 0 saturated carbocycles. The molecule has 2 rings (SSSR count). The topological polar surface area (TPSA) is 40.1 Å². The van der Waals surface area contributed by atoms with Crippen molar-refractivity contribution in [1.82, 2.24) is 0 Å². The first-order valence-corrected chi connectivity index (χ1v) is 4.40. The van der Waals surface area contributed by atoms with E-state index in [0.717, 1.165) is 16.3 Å². The van der Waals surface area contributed by atoms with Gasteiger partial charge in [-0.05, 0) is 23.3 Å². The lowest BCUT2D eigenvalue weighted by Gasteiger charge is -2.10. The Hall–Kier alpha value is -1.83. The van der Waals surface area contributed by atoms with Crippen LogP contribution >= 0.6 is 0 Å². The fraction of sp³-hybridized carbons (Fsp3) is 0.0833. The summed E-state index contributed by atoms with van der Waals surface area (Å²) in [6, 6.07) is 11.1. The number of fused-ring (bicyclic) bond motifs is 1. The first kappa shape index (κ1) is 8.75. The number of carbonyl (C=O) groups excluding carboxylic acids is 1. The number of carbonyl (C=O) groups is 1. The highest BCUT2D eigenvalue weighted by Crippen LogP contribution is 2.21. The number of hydrogen-bond donors (Lipinski definition) is 0. The molecule has 2 aromatic carbocycles. The second-order valence-corrected chi connectivity index (χ2v) is 3.27. The van der Waals surface area contributed by atoms with E-state index in [1.54, 1.807) is 19.1 Å². The molecule has 0 N–H and O–H groups in total. The summed E-state index contributed by atoms with van der Waals surface area (Å²) >= 11 is 0. The van der Waals surface area contributed by atoms with Crippen molar-refractivity contribution in [2.45, 2.75) is 6.92 Å². The highest BCUT2D eigenvalue weighted by Gasteiger charge is 2.04. The van der Waals surface area contributed by atoms with Gasteiger partial charge in [0.2, 0.25) is 0 Å². The fourth-order valence-corrected chi connectivity index (χ4v) is 1.65. The molecule has 0 aliphatic rings. The van der Waals surface area contributed by atoms with Gasteiger partial charge in [-0.2, -0.15) is 0 Å². The minimum atomic E-state index is -1.11. The van der Waals surface area contributed by atoms with Crippen LogP contribution in [0.3, 0.4) is 0 Å². The Morgan fingerprint density at radius 2 is 1.86 bits per heavy atom. The SMILES string of the molecule is Cc1ccc2ccccc2c1C(=O)[O-]. The molecule has 0 bridgehead atoms. The Labute approximate surface area is 81.8 Å². The molecule has 0 spiro atoms. The van der Waals surface area contributed by atoms with Crippen LogP contribution in [0.4, 0.5) is 0 Å². The van der Waals surface area contributed by atoms with Gasteiger partial charge in [-0.25, -0.2) is 0 Å². The molecule has 2 aromatic rings. The van der Waals surface area contributed by atoms with Gasteiger partial charge in [0.25, 0.3) is 0 Å². The summed E-state index contributed by atoms with van der Waals surface area (Å²) in [5, 5.41) is 12.6. The van der Waals surface area contributed by atoms with E-state index in [2.05, 4.69) is 0 Å². The second kappa shape index (κ2) is 3.14. The van der Waals surface area contributed by atoms with Crippen molar-refractivity contribution < 1.29 is 9.90 Å². The number of rotatable bonds is 1. The van der Waals surface area contributed by atoms with E-state index >= 15 is 0 Å². The number of benzene rings is 2. The highest BCUT2D eigenvalue weighted by atomic mass is 16.4. The lowest BCUT2D eigenvalue weighted by Crippen LogP contribution is -2.23. The maximum Gasteiger partial charge on any atom is 0.0724 e. The molecule has 0 atom stereocenters. The molecule has 2 nitrogen and oxygen atoms in total. The quantitative estimate of drug-likeness (QED) is 0.675. The van der Waals surface area contributed by atoms with Gasteiger partial charge in [0, 0.05) is 5.56 Å². The van der Waals surface area contributed by atoms with Gasteiger partial charge in [-0.1, -0.05) is 36.4 Å². The van der Waals surface area contributed by atoms with E-state index in [1.807, 2.05) is 24.3 Å². The largest absolute Gasteiger partial charge is 0.545 e. The van der Waals surface area contributed by atoms with Crippen LogP contribution in [-0.2, 0) is 0 Å². The molecule has 0 aromatic heterocycles. The van der Waals surface area contributed by atoms with Gasteiger partial charge >= 0.3 is 0 Å². The van der Waals surface area contributed by atoms with Gasteiger partial charge in [0.15, 0.2) is 0 Å². The molecule has 0 radical (unpaired) electrons. The third kappa shape index (κ3) is 1.25. The first-order valence-electron chi connectivity index (χ1n) is 4.40. The Morgan fingerprint density at radius 3 is 2.57 bits per heavy atom. The molecular weight excluding hydrogens is 176 g/mol. The van der Waals surface area contributed by atoms with Crippen molar-refractivity contribution >= 4 is 16.7 Å². The van der Waals surface area contributed by atoms with Gasteiger partial charge in [-0.15, -0.1) is 0 Å². The third-order valence-corrected chi connectivity index (χ3v) is 2.34. The predicted octanol–water partition coefficient (Wildman–Crippen LogP) is 1.51. The predicted molar refractivity (Wildman–Crippen MR) is 53.0 cm³/mol. The summed E-state index contributed by atoms with van der Waals surface area (Å²) in [6.45, 7) is 1.78. The van der Waals surface area contributed by atoms with Crippen LogP contribution in [-0.4, -0.2) is 5.97 Å². The number of aryl methyl sites for hydroxylation is 1. The lowest BCUT2D eigenvalue weighted by molar-refractivity contribution is -0.254. The Kier molecular flexibility index (Phi) is 1.97. The van der Waals surface area contributed by atoms with E-state index < -0.39 is 5.97 Å².